The summed E-state index contributed by atoms with van der Waals surface area (Å²) in [5.41, 5.74) is 6.60. The maximum Gasteiger partial charge on any atom is 0.252 e. The van der Waals surface area contributed by atoms with Crippen LogP contribution in [0.25, 0.3) is 11.2 Å². The molecule has 10 heteroatoms. The van der Waals surface area contributed by atoms with Gasteiger partial charge in [-0.05, 0) is 19.3 Å². The maximum absolute atomic E-state index is 12.1. The zero-order valence-corrected chi connectivity index (χ0v) is 15.8. The summed E-state index contributed by atoms with van der Waals surface area (Å²) >= 11 is 0. The number of imidazole rings is 1. The normalized spacial score (nSPS) is 24.1. The van der Waals surface area contributed by atoms with E-state index in [9.17, 15) is 15.0 Å². The van der Waals surface area contributed by atoms with E-state index >= 15 is 0 Å². The average Bonchev–Trinajstić information content (AvgIpc) is 3.21. The number of anilines is 1. The number of carbonyl (C=O) groups is 1. The Labute approximate surface area is 162 Å². The number of likely N-dealkylation sites (N-methyl/N-ethyl adjacent to an activating group) is 1. The highest BCUT2D eigenvalue weighted by Gasteiger charge is 2.47. The minimum absolute atomic E-state index is 0.150. The number of nitrogens with zero attached hydrogens (tertiary/aromatic N) is 4. The molecule has 2 aromatic heterocycles. The molecule has 150 valence electrons. The molecule has 1 amide bonds. The Morgan fingerprint density at radius 3 is 2.86 bits per heavy atom. The highest BCUT2D eigenvalue weighted by molar-refractivity contribution is 5.83. The number of rotatable bonds is 5. The van der Waals surface area contributed by atoms with Crippen molar-refractivity contribution in [3.05, 3.63) is 12.2 Å². The third-order valence-corrected chi connectivity index (χ3v) is 4.43. The molecule has 1 unspecified atom stereocenters. The van der Waals surface area contributed by atoms with Gasteiger partial charge in [0, 0.05) is 13.0 Å². The number of aliphatic hydroxyl groups is 2. The molecule has 1 aliphatic heterocycles. The summed E-state index contributed by atoms with van der Waals surface area (Å²) in [5, 5.41) is 23.2. The number of carbonyl (C=O) groups excluding carboxylic acids is 1. The first-order valence-electron chi connectivity index (χ1n) is 9.26. The molecule has 1 saturated heterocycles. The molecule has 3 heterocycles. The summed E-state index contributed by atoms with van der Waals surface area (Å²) in [6, 6.07) is 0. The largest absolute Gasteiger partial charge is 0.387 e. The van der Waals surface area contributed by atoms with E-state index in [1.165, 1.54) is 10.9 Å². The predicted octanol–water partition coefficient (Wildman–Crippen LogP) is -0.294. The van der Waals surface area contributed by atoms with E-state index in [2.05, 4.69) is 39.0 Å². The lowest BCUT2D eigenvalue weighted by atomic mass is 10.1. The van der Waals surface area contributed by atoms with Crippen molar-refractivity contribution in [2.75, 3.05) is 12.3 Å². The van der Waals surface area contributed by atoms with Gasteiger partial charge in [0.15, 0.2) is 23.8 Å². The lowest BCUT2D eigenvalue weighted by molar-refractivity contribution is -0.137. The lowest BCUT2D eigenvalue weighted by Crippen LogP contribution is -2.42. The fraction of sp³-hybridized carbons (Fsp3) is 0.556. The van der Waals surface area contributed by atoms with Crippen molar-refractivity contribution in [3.8, 4) is 11.8 Å². The van der Waals surface area contributed by atoms with Crippen LogP contribution in [0.15, 0.2) is 6.33 Å². The first kappa shape index (κ1) is 20.0. The third kappa shape index (κ3) is 3.77. The van der Waals surface area contributed by atoms with Gasteiger partial charge in [0.25, 0.3) is 5.91 Å². The SMILES string of the molecule is CCCCC#Cc1nc(N)c2ncn([C@@H]3O[C@H](C(=O)NCC)C(O)[C@@H]3O)c2n1. The number of aliphatic hydroxyl groups excluding tert-OH is 2. The van der Waals surface area contributed by atoms with E-state index in [-0.39, 0.29) is 11.6 Å². The summed E-state index contributed by atoms with van der Waals surface area (Å²) in [4.78, 5) is 24.7. The number of amides is 1. The molecule has 1 aliphatic rings. The van der Waals surface area contributed by atoms with E-state index < -0.39 is 30.4 Å². The standard InChI is InChI=1S/C18H24N6O4/c1-3-5-6-7-8-10-22-15(19)11-16(23-10)24(9-21-11)18-13(26)12(25)14(28-18)17(27)20-4-2/h9,12-14,18,25-26H,3-6H2,1-2H3,(H,20,27)(H2,19,22,23)/t12?,13-,14-,18+/m0/s1. The van der Waals surface area contributed by atoms with Crippen LogP contribution in [0.4, 0.5) is 5.82 Å². The Hall–Kier alpha value is -2.74. The monoisotopic (exact) mass is 388 g/mol. The predicted molar refractivity (Wildman–Crippen MR) is 101 cm³/mol. The molecule has 1 fully saturated rings. The van der Waals surface area contributed by atoms with Crippen molar-refractivity contribution in [1.82, 2.24) is 24.8 Å². The Balaban J connectivity index is 1.93. The van der Waals surface area contributed by atoms with Crippen molar-refractivity contribution >= 4 is 22.9 Å². The molecule has 0 spiro atoms. The molecule has 3 rings (SSSR count). The first-order valence-corrected chi connectivity index (χ1v) is 9.26. The number of fused-ring (bicyclic) bond motifs is 1. The van der Waals surface area contributed by atoms with Crippen LogP contribution in [0, 0.1) is 11.8 Å². The van der Waals surface area contributed by atoms with Gasteiger partial charge in [0.1, 0.15) is 17.7 Å². The molecule has 0 bridgehead atoms. The number of hydrogen-bond donors (Lipinski definition) is 4. The molecule has 28 heavy (non-hydrogen) atoms. The second-order valence-electron chi connectivity index (χ2n) is 6.48. The van der Waals surface area contributed by atoms with Crippen molar-refractivity contribution in [2.45, 2.75) is 57.6 Å². The average molecular weight is 388 g/mol. The zero-order chi connectivity index (χ0) is 20.3. The van der Waals surface area contributed by atoms with Crippen molar-refractivity contribution < 1.29 is 19.7 Å². The van der Waals surface area contributed by atoms with Crippen LogP contribution in [0.3, 0.4) is 0 Å². The first-order chi connectivity index (χ1) is 13.5. The quantitative estimate of drug-likeness (QED) is 0.403. The number of aromatic nitrogens is 4. The molecule has 10 nitrogen and oxygen atoms in total. The summed E-state index contributed by atoms with van der Waals surface area (Å²) in [5.74, 6) is 5.75. The number of hydrogen-bond acceptors (Lipinski definition) is 8. The Morgan fingerprint density at radius 2 is 2.14 bits per heavy atom. The number of nitrogen functional groups attached to an aromatic ring is 1. The molecular formula is C18H24N6O4. The highest BCUT2D eigenvalue weighted by atomic mass is 16.6. The van der Waals surface area contributed by atoms with Crippen LogP contribution < -0.4 is 11.1 Å². The van der Waals surface area contributed by atoms with E-state index in [0.717, 1.165) is 19.3 Å². The van der Waals surface area contributed by atoms with Crippen LogP contribution in [0.5, 0.6) is 0 Å². The van der Waals surface area contributed by atoms with Gasteiger partial charge in [-0.3, -0.25) is 9.36 Å². The molecule has 4 atom stereocenters. The van der Waals surface area contributed by atoms with Gasteiger partial charge in [0.05, 0.1) is 6.33 Å². The smallest absolute Gasteiger partial charge is 0.252 e. The van der Waals surface area contributed by atoms with Gasteiger partial charge in [-0.2, -0.15) is 0 Å². The molecule has 0 saturated carbocycles. The third-order valence-electron chi connectivity index (χ3n) is 4.43. The highest BCUT2D eigenvalue weighted by Crippen LogP contribution is 2.32. The van der Waals surface area contributed by atoms with Crippen LogP contribution in [-0.4, -0.2) is 60.5 Å². The molecule has 0 aliphatic carbocycles. The van der Waals surface area contributed by atoms with Gasteiger partial charge in [-0.1, -0.05) is 19.3 Å². The van der Waals surface area contributed by atoms with E-state index in [4.69, 9.17) is 10.5 Å². The minimum Gasteiger partial charge on any atom is -0.387 e. The number of unbranched alkanes of at least 4 members (excludes halogenated alkanes) is 2. The molecule has 0 aromatic carbocycles. The van der Waals surface area contributed by atoms with Gasteiger partial charge >= 0.3 is 0 Å². The number of nitrogens with one attached hydrogen (secondary N) is 1. The fourth-order valence-electron chi connectivity index (χ4n) is 2.97. The topological polar surface area (TPSA) is 148 Å². The van der Waals surface area contributed by atoms with Gasteiger partial charge < -0.3 is 26.0 Å². The minimum atomic E-state index is -1.39. The van der Waals surface area contributed by atoms with Crippen molar-refractivity contribution in [2.24, 2.45) is 0 Å². The summed E-state index contributed by atoms with van der Waals surface area (Å²) in [6.07, 6.45) is -0.874. The van der Waals surface area contributed by atoms with Crippen LogP contribution in [0.1, 0.15) is 45.2 Å². The summed E-state index contributed by atoms with van der Waals surface area (Å²) in [6.45, 7) is 4.21. The molecule has 5 N–H and O–H groups in total. The van der Waals surface area contributed by atoms with Crippen molar-refractivity contribution in [1.29, 1.82) is 0 Å². The van der Waals surface area contributed by atoms with E-state index in [1.807, 2.05) is 0 Å². The fourth-order valence-corrected chi connectivity index (χ4v) is 2.97. The molecular weight excluding hydrogens is 364 g/mol. The van der Waals surface area contributed by atoms with Crippen LogP contribution in [0.2, 0.25) is 0 Å². The van der Waals surface area contributed by atoms with E-state index in [0.29, 0.717) is 17.7 Å². The zero-order valence-electron chi connectivity index (χ0n) is 15.8. The second-order valence-corrected chi connectivity index (χ2v) is 6.48. The van der Waals surface area contributed by atoms with Crippen LogP contribution >= 0.6 is 0 Å². The Bertz CT molecular complexity index is 918. The summed E-state index contributed by atoms with van der Waals surface area (Å²) in [7, 11) is 0. The number of ether oxygens (including phenoxy) is 1. The molecule has 0 radical (unpaired) electrons. The second kappa shape index (κ2) is 8.52. The van der Waals surface area contributed by atoms with Crippen molar-refractivity contribution in [3.63, 3.8) is 0 Å². The Morgan fingerprint density at radius 1 is 1.36 bits per heavy atom. The van der Waals surface area contributed by atoms with E-state index in [1.54, 1.807) is 6.92 Å². The van der Waals surface area contributed by atoms with Gasteiger partial charge in [0.2, 0.25) is 5.82 Å². The number of nitrogens with two attached hydrogens (primary N) is 1. The maximum atomic E-state index is 12.1. The summed E-state index contributed by atoms with van der Waals surface area (Å²) < 4.78 is 7.05. The van der Waals surface area contributed by atoms with Gasteiger partial charge in [-0.25, -0.2) is 15.0 Å². The molecule has 2 aromatic rings. The van der Waals surface area contributed by atoms with Gasteiger partial charge in [-0.15, -0.1) is 0 Å². The van der Waals surface area contributed by atoms with Crippen LogP contribution in [-0.2, 0) is 9.53 Å². The lowest BCUT2D eigenvalue weighted by Gasteiger charge is -2.16. The Kier molecular flexibility index (Phi) is 6.08.